The molecule has 0 aliphatic carbocycles. The number of piperidine rings is 4. The highest BCUT2D eigenvalue weighted by atomic mass is 16.5. The number of esters is 1. The van der Waals surface area contributed by atoms with Crippen LogP contribution < -0.4 is 0 Å². The summed E-state index contributed by atoms with van der Waals surface area (Å²) < 4.78 is 5.28. The number of nitrogens with zero attached hydrogens (tertiary/aromatic N) is 2. The van der Waals surface area contributed by atoms with E-state index >= 15 is 0 Å². The van der Waals surface area contributed by atoms with Gasteiger partial charge in [-0.1, -0.05) is 6.42 Å². The highest BCUT2D eigenvalue weighted by Gasteiger charge is 2.51. The molecule has 0 N–H and O–H groups in total. The van der Waals surface area contributed by atoms with Crippen molar-refractivity contribution in [2.75, 3.05) is 39.3 Å². The molecule has 1 atom stereocenters. The second-order valence-corrected chi connectivity index (χ2v) is 6.68. The van der Waals surface area contributed by atoms with Crippen LogP contribution in [0.4, 0.5) is 0 Å². The second kappa shape index (κ2) is 6.02. The minimum atomic E-state index is 0.00632. The number of ether oxygens (including phenoxy) is 1. The zero-order valence-corrected chi connectivity index (χ0v) is 12.8. The van der Waals surface area contributed by atoms with E-state index in [4.69, 9.17) is 4.74 Å². The SMILES string of the molecule is CCOC(=O)CC1(N2CCCCC2)CN2CCC1CC2. The van der Waals surface area contributed by atoms with Gasteiger partial charge in [-0.2, -0.15) is 0 Å². The zero-order chi connectivity index (χ0) is 14.0. The van der Waals surface area contributed by atoms with E-state index in [1.807, 2.05) is 6.92 Å². The molecule has 4 heteroatoms. The van der Waals surface area contributed by atoms with E-state index in [1.165, 1.54) is 58.3 Å². The smallest absolute Gasteiger partial charge is 0.307 e. The van der Waals surface area contributed by atoms with Crippen LogP contribution in [-0.4, -0.2) is 60.6 Å². The lowest BCUT2D eigenvalue weighted by Crippen LogP contribution is -2.68. The highest BCUT2D eigenvalue weighted by molar-refractivity contribution is 5.71. The van der Waals surface area contributed by atoms with Crippen LogP contribution in [0.1, 0.15) is 45.4 Å². The Morgan fingerprint density at radius 3 is 2.40 bits per heavy atom. The first-order valence-electron chi connectivity index (χ1n) is 8.37. The van der Waals surface area contributed by atoms with Gasteiger partial charge in [0.25, 0.3) is 0 Å². The molecule has 20 heavy (non-hydrogen) atoms. The molecule has 4 rings (SSSR count). The Hall–Kier alpha value is -0.610. The molecule has 0 amide bonds. The van der Waals surface area contributed by atoms with Gasteiger partial charge in [0.15, 0.2) is 0 Å². The van der Waals surface area contributed by atoms with Crippen molar-refractivity contribution in [3.8, 4) is 0 Å². The van der Waals surface area contributed by atoms with E-state index in [0.717, 1.165) is 6.54 Å². The molecule has 4 nitrogen and oxygen atoms in total. The summed E-state index contributed by atoms with van der Waals surface area (Å²) in [5.41, 5.74) is 0.0726. The Bertz CT molecular complexity index is 346. The van der Waals surface area contributed by atoms with E-state index in [9.17, 15) is 4.79 Å². The fraction of sp³-hybridized carbons (Fsp3) is 0.938. The van der Waals surface area contributed by atoms with Gasteiger partial charge in [-0.25, -0.2) is 0 Å². The summed E-state index contributed by atoms with van der Waals surface area (Å²) in [6.45, 7) is 8.28. The molecule has 0 radical (unpaired) electrons. The molecule has 0 aromatic heterocycles. The fourth-order valence-electron chi connectivity index (χ4n) is 4.62. The fourth-order valence-corrected chi connectivity index (χ4v) is 4.62. The molecule has 4 aliphatic rings. The van der Waals surface area contributed by atoms with Gasteiger partial charge in [0, 0.05) is 12.1 Å². The van der Waals surface area contributed by atoms with E-state index in [2.05, 4.69) is 9.80 Å². The standard InChI is InChI=1S/C16H28N2O2/c1-2-20-15(19)12-16(18-8-4-3-5-9-18)13-17-10-6-14(16)7-11-17/h14H,2-13H2,1H3. The second-order valence-electron chi connectivity index (χ2n) is 6.68. The maximum atomic E-state index is 12.2. The molecular formula is C16H28N2O2. The van der Waals surface area contributed by atoms with Crippen LogP contribution in [0, 0.1) is 5.92 Å². The maximum absolute atomic E-state index is 12.2. The average Bonchev–Trinajstić information content (AvgIpc) is 2.49. The van der Waals surface area contributed by atoms with E-state index in [-0.39, 0.29) is 11.5 Å². The largest absolute Gasteiger partial charge is 0.466 e. The minimum absolute atomic E-state index is 0.00632. The maximum Gasteiger partial charge on any atom is 0.307 e. The van der Waals surface area contributed by atoms with Crippen LogP contribution in [0.5, 0.6) is 0 Å². The molecule has 4 heterocycles. The van der Waals surface area contributed by atoms with Crippen LogP contribution in [0.2, 0.25) is 0 Å². The Morgan fingerprint density at radius 2 is 1.85 bits per heavy atom. The highest BCUT2D eigenvalue weighted by Crippen LogP contribution is 2.43. The van der Waals surface area contributed by atoms with Crippen LogP contribution in [-0.2, 0) is 9.53 Å². The molecular weight excluding hydrogens is 252 g/mol. The lowest BCUT2D eigenvalue weighted by molar-refractivity contribution is -0.154. The number of carbonyl (C=O) groups excluding carboxylic acids is 1. The number of rotatable bonds is 4. The molecule has 0 spiro atoms. The summed E-state index contributed by atoms with van der Waals surface area (Å²) in [6.07, 6.45) is 7.04. The predicted molar refractivity (Wildman–Crippen MR) is 78.6 cm³/mol. The Kier molecular flexibility index (Phi) is 4.32. The molecule has 4 aliphatic heterocycles. The van der Waals surface area contributed by atoms with Gasteiger partial charge < -0.3 is 9.64 Å². The molecule has 0 aromatic rings. The van der Waals surface area contributed by atoms with Gasteiger partial charge in [0.05, 0.1) is 13.0 Å². The van der Waals surface area contributed by atoms with Crippen LogP contribution in [0.3, 0.4) is 0 Å². The van der Waals surface area contributed by atoms with Crippen molar-refractivity contribution in [2.24, 2.45) is 5.92 Å². The third-order valence-corrected chi connectivity index (χ3v) is 5.59. The van der Waals surface area contributed by atoms with E-state index < -0.39 is 0 Å². The summed E-state index contributed by atoms with van der Waals surface area (Å²) in [5, 5.41) is 0. The number of likely N-dealkylation sites (tertiary alicyclic amines) is 1. The topological polar surface area (TPSA) is 32.8 Å². The number of hydrogen-bond donors (Lipinski definition) is 0. The Labute approximate surface area is 122 Å². The first-order chi connectivity index (χ1) is 9.74. The minimum Gasteiger partial charge on any atom is -0.466 e. The van der Waals surface area contributed by atoms with Crippen LogP contribution in [0.25, 0.3) is 0 Å². The summed E-state index contributed by atoms with van der Waals surface area (Å²) in [7, 11) is 0. The summed E-state index contributed by atoms with van der Waals surface area (Å²) in [6, 6.07) is 0. The third-order valence-electron chi connectivity index (χ3n) is 5.59. The Morgan fingerprint density at radius 1 is 1.15 bits per heavy atom. The van der Waals surface area contributed by atoms with Crippen molar-refractivity contribution in [3.63, 3.8) is 0 Å². The van der Waals surface area contributed by atoms with E-state index in [0.29, 0.717) is 18.9 Å². The van der Waals surface area contributed by atoms with Crippen molar-refractivity contribution < 1.29 is 9.53 Å². The average molecular weight is 280 g/mol. The van der Waals surface area contributed by atoms with Gasteiger partial charge in [0.1, 0.15) is 0 Å². The monoisotopic (exact) mass is 280 g/mol. The van der Waals surface area contributed by atoms with Crippen molar-refractivity contribution in [1.82, 2.24) is 9.80 Å². The number of carbonyl (C=O) groups is 1. The third kappa shape index (κ3) is 2.60. The van der Waals surface area contributed by atoms with Crippen LogP contribution >= 0.6 is 0 Å². The summed E-state index contributed by atoms with van der Waals surface area (Å²) in [5.74, 6) is 0.696. The van der Waals surface area contributed by atoms with Gasteiger partial charge >= 0.3 is 5.97 Å². The predicted octanol–water partition coefficient (Wildman–Crippen LogP) is 1.89. The molecule has 114 valence electrons. The van der Waals surface area contributed by atoms with Gasteiger partial charge in [-0.05, 0) is 64.7 Å². The summed E-state index contributed by atoms with van der Waals surface area (Å²) >= 11 is 0. The molecule has 2 bridgehead atoms. The van der Waals surface area contributed by atoms with Crippen LogP contribution in [0.15, 0.2) is 0 Å². The zero-order valence-electron chi connectivity index (χ0n) is 12.8. The summed E-state index contributed by atoms with van der Waals surface area (Å²) in [4.78, 5) is 17.4. The lowest BCUT2D eigenvalue weighted by atomic mass is 9.69. The van der Waals surface area contributed by atoms with Gasteiger partial charge in [-0.3, -0.25) is 9.69 Å². The Balaban J connectivity index is 1.80. The van der Waals surface area contributed by atoms with Crippen molar-refractivity contribution in [2.45, 2.75) is 51.0 Å². The van der Waals surface area contributed by atoms with Gasteiger partial charge in [-0.15, -0.1) is 0 Å². The number of hydrogen-bond acceptors (Lipinski definition) is 4. The molecule has 0 aromatic carbocycles. The lowest BCUT2D eigenvalue weighted by Gasteiger charge is -2.58. The molecule has 1 unspecified atom stereocenters. The first kappa shape index (κ1) is 14.3. The molecule has 4 fully saturated rings. The van der Waals surface area contributed by atoms with Gasteiger partial charge in [0.2, 0.25) is 0 Å². The van der Waals surface area contributed by atoms with Crippen molar-refractivity contribution in [3.05, 3.63) is 0 Å². The number of fused-ring (bicyclic) bond motifs is 3. The molecule has 4 saturated heterocycles. The van der Waals surface area contributed by atoms with Crippen molar-refractivity contribution >= 4 is 5.97 Å². The van der Waals surface area contributed by atoms with Crippen molar-refractivity contribution in [1.29, 1.82) is 0 Å². The van der Waals surface area contributed by atoms with E-state index in [1.54, 1.807) is 0 Å². The first-order valence-corrected chi connectivity index (χ1v) is 8.37. The molecule has 0 saturated carbocycles. The quantitative estimate of drug-likeness (QED) is 0.736. The normalized spacial score (nSPS) is 37.9.